The molecule has 0 radical (unpaired) electrons. The van der Waals surface area contributed by atoms with Crippen LogP contribution in [0.4, 0.5) is 0 Å². The number of imidazole rings is 1. The standard InChI is InChI=1S/C14H18BrN3/c1-14(2,3)17-9-13-8-16-10-18(13)12-6-4-5-11(15)7-12/h4-8,10,17H,9H2,1-3H3. The summed E-state index contributed by atoms with van der Waals surface area (Å²) in [5, 5.41) is 3.48. The second kappa shape index (κ2) is 5.24. The van der Waals surface area contributed by atoms with Crippen molar-refractivity contribution >= 4 is 15.9 Å². The molecule has 1 aromatic carbocycles. The van der Waals surface area contributed by atoms with Crippen LogP contribution in [-0.2, 0) is 6.54 Å². The summed E-state index contributed by atoms with van der Waals surface area (Å²) >= 11 is 3.49. The Bertz CT molecular complexity index is 526. The smallest absolute Gasteiger partial charge is 0.0994 e. The van der Waals surface area contributed by atoms with Gasteiger partial charge in [-0.25, -0.2) is 4.98 Å². The van der Waals surface area contributed by atoms with Gasteiger partial charge in [0, 0.05) is 28.4 Å². The van der Waals surface area contributed by atoms with E-state index in [1.165, 1.54) is 0 Å². The van der Waals surface area contributed by atoms with Crippen molar-refractivity contribution in [2.75, 3.05) is 0 Å². The third-order valence-electron chi connectivity index (χ3n) is 2.60. The first kappa shape index (κ1) is 13.3. The first-order valence-electron chi connectivity index (χ1n) is 5.98. The largest absolute Gasteiger partial charge is 0.306 e. The SMILES string of the molecule is CC(C)(C)NCc1cncn1-c1cccc(Br)c1. The molecule has 0 aliphatic rings. The van der Waals surface area contributed by atoms with Crippen LogP contribution >= 0.6 is 15.9 Å². The van der Waals surface area contributed by atoms with E-state index in [0.717, 1.165) is 22.4 Å². The van der Waals surface area contributed by atoms with Gasteiger partial charge in [-0.1, -0.05) is 22.0 Å². The Balaban J connectivity index is 2.23. The van der Waals surface area contributed by atoms with E-state index in [-0.39, 0.29) is 5.54 Å². The zero-order valence-electron chi connectivity index (χ0n) is 10.9. The molecule has 3 nitrogen and oxygen atoms in total. The Labute approximate surface area is 116 Å². The molecule has 2 rings (SSSR count). The quantitative estimate of drug-likeness (QED) is 0.940. The summed E-state index contributed by atoms with van der Waals surface area (Å²) in [5.41, 5.74) is 2.38. The average Bonchev–Trinajstić information content (AvgIpc) is 2.73. The molecule has 96 valence electrons. The second-order valence-electron chi connectivity index (χ2n) is 5.34. The van der Waals surface area contributed by atoms with E-state index in [4.69, 9.17) is 0 Å². The fourth-order valence-corrected chi connectivity index (χ4v) is 2.05. The van der Waals surface area contributed by atoms with Crippen molar-refractivity contribution in [3.05, 3.63) is 47.0 Å². The van der Waals surface area contributed by atoms with Crippen LogP contribution in [0.5, 0.6) is 0 Å². The third-order valence-corrected chi connectivity index (χ3v) is 3.09. The van der Waals surface area contributed by atoms with Gasteiger partial charge in [-0.2, -0.15) is 0 Å². The van der Waals surface area contributed by atoms with Gasteiger partial charge in [0.15, 0.2) is 0 Å². The van der Waals surface area contributed by atoms with Crippen LogP contribution in [0.15, 0.2) is 41.3 Å². The number of halogens is 1. The van der Waals surface area contributed by atoms with Gasteiger partial charge in [0.1, 0.15) is 0 Å². The van der Waals surface area contributed by atoms with Gasteiger partial charge in [0.25, 0.3) is 0 Å². The number of nitrogens with zero attached hydrogens (tertiary/aromatic N) is 2. The van der Waals surface area contributed by atoms with Gasteiger partial charge >= 0.3 is 0 Å². The Morgan fingerprint density at radius 2 is 2.11 bits per heavy atom. The molecule has 0 atom stereocenters. The predicted octanol–water partition coefficient (Wildman–Crippen LogP) is 3.52. The number of aromatic nitrogens is 2. The van der Waals surface area contributed by atoms with Crippen molar-refractivity contribution in [3.63, 3.8) is 0 Å². The fourth-order valence-electron chi connectivity index (χ4n) is 1.67. The maximum atomic E-state index is 4.24. The predicted molar refractivity (Wildman–Crippen MR) is 77.9 cm³/mol. The molecule has 2 aromatic rings. The summed E-state index contributed by atoms with van der Waals surface area (Å²) in [6.07, 6.45) is 3.75. The topological polar surface area (TPSA) is 29.9 Å². The summed E-state index contributed by atoms with van der Waals surface area (Å²) in [4.78, 5) is 4.24. The van der Waals surface area contributed by atoms with Crippen molar-refractivity contribution < 1.29 is 0 Å². The fraction of sp³-hybridized carbons (Fsp3) is 0.357. The zero-order valence-corrected chi connectivity index (χ0v) is 12.5. The van der Waals surface area contributed by atoms with Gasteiger partial charge < -0.3 is 9.88 Å². The molecule has 0 unspecified atom stereocenters. The van der Waals surface area contributed by atoms with Gasteiger partial charge in [-0.05, 0) is 39.0 Å². The minimum atomic E-state index is 0.104. The summed E-state index contributed by atoms with van der Waals surface area (Å²) in [6.45, 7) is 7.28. The van der Waals surface area contributed by atoms with Crippen LogP contribution in [0, 0.1) is 0 Å². The van der Waals surface area contributed by atoms with Crippen molar-refractivity contribution in [1.82, 2.24) is 14.9 Å². The van der Waals surface area contributed by atoms with E-state index < -0.39 is 0 Å². The lowest BCUT2D eigenvalue weighted by atomic mass is 10.1. The highest BCUT2D eigenvalue weighted by atomic mass is 79.9. The lowest BCUT2D eigenvalue weighted by Gasteiger charge is -2.21. The van der Waals surface area contributed by atoms with Gasteiger partial charge in [-0.3, -0.25) is 0 Å². The van der Waals surface area contributed by atoms with Crippen molar-refractivity contribution in [1.29, 1.82) is 0 Å². The first-order valence-corrected chi connectivity index (χ1v) is 6.77. The molecule has 0 aliphatic carbocycles. The highest BCUT2D eigenvalue weighted by Crippen LogP contribution is 2.17. The van der Waals surface area contributed by atoms with E-state index in [1.54, 1.807) is 0 Å². The average molecular weight is 308 g/mol. The van der Waals surface area contributed by atoms with Crippen LogP contribution in [0.25, 0.3) is 5.69 Å². The van der Waals surface area contributed by atoms with E-state index in [0.29, 0.717) is 0 Å². The Morgan fingerprint density at radius 1 is 1.33 bits per heavy atom. The molecule has 0 aliphatic heterocycles. The Morgan fingerprint density at radius 3 is 2.78 bits per heavy atom. The van der Waals surface area contributed by atoms with Crippen LogP contribution in [0.3, 0.4) is 0 Å². The lowest BCUT2D eigenvalue weighted by molar-refractivity contribution is 0.419. The highest BCUT2D eigenvalue weighted by Gasteiger charge is 2.11. The third kappa shape index (κ3) is 3.43. The summed E-state index contributed by atoms with van der Waals surface area (Å²) in [7, 11) is 0. The second-order valence-corrected chi connectivity index (χ2v) is 6.25. The molecule has 1 aromatic heterocycles. The van der Waals surface area contributed by atoms with Gasteiger partial charge in [0.2, 0.25) is 0 Å². The molecule has 0 bridgehead atoms. The molecular formula is C14H18BrN3. The van der Waals surface area contributed by atoms with Crippen LogP contribution < -0.4 is 5.32 Å². The number of hydrogen-bond donors (Lipinski definition) is 1. The van der Waals surface area contributed by atoms with Crippen molar-refractivity contribution in [3.8, 4) is 5.69 Å². The summed E-state index contributed by atoms with van der Waals surface area (Å²) in [5.74, 6) is 0. The minimum absolute atomic E-state index is 0.104. The van der Waals surface area contributed by atoms with Crippen LogP contribution in [0.1, 0.15) is 26.5 Å². The molecule has 0 saturated heterocycles. The molecule has 0 fully saturated rings. The number of nitrogens with one attached hydrogen (secondary N) is 1. The van der Waals surface area contributed by atoms with E-state index >= 15 is 0 Å². The Kier molecular flexibility index (Phi) is 3.88. The molecule has 18 heavy (non-hydrogen) atoms. The van der Waals surface area contributed by atoms with Crippen LogP contribution in [0.2, 0.25) is 0 Å². The van der Waals surface area contributed by atoms with Crippen LogP contribution in [-0.4, -0.2) is 15.1 Å². The minimum Gasteiger partial charge on any atom is -0.306 e. The normalized spacial score (nSPS) is 11.8. The maximum Gasteiger partial charge on any atom is 0.0994 e. The maximum absolute atomic E-state index is 4.24. The van der Waals surface area contributed by atoms with E-state index in [1.807, 2.05) is 24.7 Å². The number of hydrogen-bond acceptors (Lipinski definition) is 2. The Hall–Kier alpha value is -1.13. The number of benzene rings is 1. The molecule has 0 spiro atoms. The van der Waals surface area contributed by atoms with Gasteiger partial charge in [0.05, 0.1) is 12.0 Å². The molecule has 0 amide bonds. The highest BCUT2D eigenvalue weighted by molar-refractivity contribution is 9.10. The first-order chi connectivity index (χ1) is 8.46. The molecular weight excluding hydrogens is 290 g/mol. The van der Waals surface area contributed by atoms with Gasteiger partial charge in [-0.15, -0.1) is 0 Å². The van der Waals surface area contributed by atoms with Crippen molar-refractivity contribution in [2.24, 2.45) is 0 Å². The lowest BCUT2D eigenvalue weighted by Crippen LogP contribution is -2.35. The molecule has 1 N–H and O–H groups in total. The summed E-state index contributed by atoms with van der Waals surface area (Å²) in [6, 6.07) is 8.21. The van der Waals surface area contributed by atoms with E-state index in [9.17, 15) is 0 Å². The molecule has 4 heteroatoms. The molecule has 0 saturated carbocycles. The number of rotatable bonds is 3. The molecule has 1 heterocycles. The summed E-state index contributed by atoms with van der Waals surface area (Å²) < 4.78 is 3.17. The van der Waals surface area contributed by atoms with Crippen molar-refractivity contribution in [2.45, 2.75) is 32.9 Å². The zero-order chi connectivity index (χ0) is 13.2. The van der Waals surface area contributed by atoms with E-state index in [2.05, 4.69) is 63.7 Å². The monoisotopic (exact) mass is 307 g/mol.